The van der Waals surface area contributed by atoms with Crippen molar-refractivity contribution in [3.63, 3.8) is 0 Å². The second kappa shape index (κ2) is 4.08. The Morgan fingerprint density at radius 2 is 1.87 bits per heavy atom. The van der Waals surface area contributed by atoms with Crippen molar-refractivity contribution in [1.29, 1.82) is 0 Å². The molecule has 1 unspecified atom stereocenters. The molecular weight excluding hydrogens is 196 g/mol. The molecule has 15 heavy (non-hydrogen) atoms. The number of hydrogen-bond donors (Lipinski definition) is 2. The molecule has 0 aromatic heterocycles. The molecule has 0 radical (unpaired) electrons. The van der Waals surface area contributed by atoms with E-state index in [1.165, 1.54) is 0 Å². The van der Waals surface area contributed by atoms with Gasteiger partial charge >= 0.3 is 12.0 Å². The number of carbonyl (C=O) groups excluding carboxylic acids is 1. The Labute approximate surface area is 88.4 Å². The van der Waals surface area contributed by atoms with Crippen LogP contribution in [0.15, 0.2) is 0 Å². The van der Waals surface area contributed by atoms with Crippen molar-refractivity contribution in [3.05, 3.63) is 0 Å². The highest BCUT2D eigenvalue weighted by Crippen LogP contribution is 2.32. The highest BCUT2D eigenvalue weighted by atomic mass is 16.4. The molecule has 2 fully saturated rings. The molecule has 2 aliphatic rings. The Bertz CT molecular complexity index is 270. The maximum atomic E-state index is 11.6. The van der Waals surface area contributed by atoms with Gasteiger partial charge in [-0.25, -0.2) is 9.59 Å². The fourth-order valence-corrected chi connectivity index (χ4v) is 1.96. The van der Waals surface area contributed by atoms with E-state index in [1.54, 1.807) is 4.90 Å². The average Bonchev–Trinajstić information content (AvgIpc) is 2.87. The number of carboxylic acids is 1. The molecule has 5 nitrogen and oxygen atoms in total. The number of aliphatic carboxylic acids is 1. The van der Waals surface area contributed by atoms with Crippen molar-refractivity contribution in [3.8, 4) is 0 Å². The first-order valence-corrected chi connectivity index (χ1v) is 5.47. The number of nitrogens with zero attached hydrogens (tertiary/aromatic N) is 1. The summed E-state index contributed by atoms with van der Waals surface area (Å²) in [4.78, 5) is 24.2. The average molecular weight is 212 g/mol. The van der Waals surface area contributed by atoms with Crippen LogP contribution in [0.2, 0.25) is 0 Å². The van der Waals surface area contributed by atoms with Gasteiger partial charge in [0.15, 0.2) is 0 Å². The molecule has 0 spiro atoms. The number of carboxylic acid groups (broad SMARTS) is 1. The number of amides is 2. The molecule has 0 aromatic carbocycles. The second-order valence-corrected chi connectivity index (χ2v) is 4.30. The molecule has 1 saturated carbocycles. The van der Waals surface area contributed by atoms with Gasteiger partial charge < -0.3 is 15.3 Å². The lowest BCUT2D eigenvalue weighted by molar-refractivity contribution is -0.139. The van der Waals surface area contributed by atoms with Gasteiger partial charge in [-0.05, 0) is 31.6 Å². The van der Waals surface area contributed by atoms with Crippen LogP contribution >= 0.6 is 0 Å². The smallest absolute Gasteiger partial charge is 0.326 e. The summed E-state index contributed by atoms with van der Waals surface area (Å²) in [7, 11) is 0. The van der Waals surface area contributed by atoms with Gasteiger partial charge in [-0.2, -0.15) is 0 Å². The van der Waals surface area contributed by atoms with Crippen LogP contribution in [0, 0.1) is 5.92 Å². The molecule has 1 aliphatic carbocycles. The number of nitrogens with one attached hydrogen (secondary N) is 1. The van der Waals surface area contributed by atoms with E-state index in [0.717, 1.165) is 38.8 Å². The number of rotatable bonds is 3. The van der Waals surface area contributed by atoms with Crippen LogP contribution in [-0.4, -0.2) is 41.1 Å². The third-order valence-electron chi connectivity index (χ3n) is 3.03. The molecule has 0 bridgehead atoms. The minimum Gasteiger partial charge on any atom is -0.480 e. The summed E-state index contributed by atoms with van der Waals surface area (Å²) < 4.78 is 0. The molecule has 84 valence electrons. The van der Waals surface area contributed by atoms with E-state index in [-0.39, 0.29) is 11.9 Å². The van der Waals surface area contributed by atoms with Crippen molar-refractivity contribution in [2.75, 3.05) is 13.1 Å². The van der Waals surface area contributed by atoms with Gasteiger partial charge in [-0.15, -0.1) is 0 Å². The normalized spacial score (nSPS) is 22.5. The van der Waals surface area contributed by atoms with Crippen LogP contribution < -0.4 is 5.32 Å². The predicted molar refractivity (Wildman–Crippen MR) is 53.5 cm³/mol. The van der Waals surface area contributed by atoms with Crippen molar-refractivity contribution in [2.24, 2.45) is 5.92 Å². The van der Waals surface area contributed by atoms with Gasteiger partial charge in [-0.3, -0.25) is 0 Å². The first kappa shape index (κ1) is 10.3. The van der Waals surface area contributed by atoms with Crippen LogP contribution in [0.1, 0.15) is 25.7 Å². The van der Waals surface area contributed by atoms with Gasteiger partial charge in [0, 0.05) is 13.1 Å². The first-order chi connectivity index (χ1) is 7.18. The topological polar surface area (TPSA) is 69.6 Å². The van der Waals surface area contributed by atoms with E-state index >= 15 is 0 Å². The summed E-state index contributed by atoms with van der Waals surface area (Å²) in [6.07, 6.45) is 3.87. The highest BCUT2D eigenvalue weighted by molar-refractivity contribution is 5.83. The summed E-state index contributed by atoms with van der Waals surface area (Å²) in [5, 5.41) is 11.5. The Balaban J connectivity index is 1.87. The van der Waals surface area contributed by atoms with Crippen molar-refractivity contribution in [2.45, 2.75) is 31.7 Å². The molecule has 2 N–H and O–H groups in total. The monoisotopic (exact) mass is 212 g/mol. The summed E-state index contributed by atoms with van der Waals surface area (Å²) in [5.41, 5.74) is 0. The molecule has 1 heterocycles. The minimum absolute atomic E-state index is 0.147. The lowest BCUT2D eigenvalue weighted by Crippen LogP contribution is -2.48. The molecule has 1 aliphatic heterocycles. The SMILES string of the molecule is O=C(O)C(NC(=O)N1CCCC1)C1CC1. The van der Waals surface area contributed by atoms with E-state index in [2.05, 4.69) is 5.32 Å². The molecular formula is C10H16N2O3. The van der Waals surface area contributed by atoms with Crippen LogP contribution in [0.25, 0.3) is 0 Å². The van der Waals surface area contributed by atoms with Crippen LogP contribution in [-0.2, 0) is 4.79 Å². The molecule has 1 atom stereocenters. The first-order valence-electron chi connectivity index (χ1n) is 5.47. The minimum atomic E-state index is -0.912. The predicted octanol–water partition coefficient (Wildman–Crippen LogP) is 0.655. The summed E-state index contributed by atoms with van der Waals surface area (Å²) >= 11 is 0. The molecule has 0 aromatic rings. The summed E-state index contributed by atoms with van der Waals surface area (Å²) in [6.45, 7) is 1.51. The molecule has 2 rings (SSSR count). The van der Waals surface area contributed by atoms with E-state index in [4.69, 9.17) is 5.11 Å². The maximum Gasteiger partial charge on any atom is 0.326 e. The fourth-order valence-electron chi connectivity index (χ4n) is 1.96. The largest absolute Gasteiger partial charge is 0.480 e. The Morgan fingerprint density at radius 1 is 1.27 bits per heavy atom. The molecule has 1 saturated heterocycles. The van der Waals surface area contributed by atoms with Crippen LogP contribution in [0.3, 0.4) is 0 Å². The Morgan fingerprint density at radius 3 is 2.33 bits per heavy atom. The standard InChI is InChI=1S/C10H16N2O3/c13-9(14)8(7-3-4-7)11-10(15)12-5-1-2-6-12/h7-8H,1-6H2,(H,11,15)(H,13,14). The number of urea groups is 1. The van der Waals surface area contributed by atoms with Gasteiger partial charge in [0.25, 0.3) is 0 Å². The van der Waals surface area contributed by atoms with Crippen molar-refractivity contribution in [1.82, 2.24) is 10.2 Å². The zero-order chi connectivity index (χ0) is 10.8. The summed E-state index contributed by atoms with van der Waals surface area (Å²) in [5.74, 6) is -0.765. The van der Waals surface area contributed by atoms with Crippen molar-refractivity contribution < 1.29 is 14.7 Å². The molecule has 5 heteroatoms. The van der Waals surface area contributed by atoms with E-state index < -0.39 is 12.0 Å². The quantitative estimate of drug-likeness (QED) is 0.721. The van der Waals surface area contributed by atoms with Crippen LogP contribution in [0.5, 0.6) is 0 Å². The molecule has 2 amide bonds. The van der Waals surface area contributed by atoms with Gasteiger partial charge in [0.05, 0.1) is 0 Å². The van der Waals surface area contributed by atoms with Gasteiger partial charge in [-0.1, -0.05) is 0 Å². The third kappa shape index (κ3) is 2.40. The van der Waals surface area contributed by atoms with E-state index in [0.29, 0.717) is 0 Å². The van der Waals surface area contributed by atoms with Crippen LogP contribution in [0.4, 0.5) is 4.79 Å². The van der Waals surface area contributed by atoms with Gasteiger partial charge in [0.2, 0.25) is 0 Å². The zero-order valence-electron chi connectivity index (χ0n) is 8.61. The lowest BCUT2D eigenvalue weighted by Gasteiger charge is -2.20. The van der Waals surface area contributed by atoms with Gasteiger partial charge in [0.1, 0.15) is 6.04 Å². The number of likely N-dealkylation sites (tertiary alicyclic amines) is 1. The van der Waals surface area contributed by atoms with E-state index in [1.807, 2.05) is 0 Å². The third-order valence-corrected chi connectivity index (χ3v) is 3.03. The second-order valence-electron chi connectivity index (χ2n) is 4.30. The van der Waals surface area contributed by atoms with Crippen molar-refractivity contribution >= 4 is 12.0 Å². The lowest BCUT2D eigenvalue weighted by atomic mass is 10.2. The highest BCUT2D eigenvalue weighted by Gasteiger charge is 2.38. The number of hydrogen-bond acceptors (Lipinski definition) is 2. The Hall–Kier alpha value is -1.26. The fraction of sp³-hybridized carbons (Fsp3) is 0.800. The van der Waals surface area contributed by atoms with E-state index in [9.17, 15) is 9.59 Å². The zero-order valence-corrected chi connectivity index (χ0v) is 8.61. The number of carbonyl (C=O) groups is 2. The summed E-state index contributed by atoms with van der Waals surface area (Å²) in [6, 6.07) is -0.898. The Kier molecular flexibility index (Phi) is 2.79. The maximum absolute atomic E-state index is 11.6.